The highest BCUT2D eigenvalue weighted by Crippen LogP contribution is 2.28. The van der Waals surface area contributed by atoms with Crippen LogP contribution < -0.4 is 0 Å². The first kappa shape index (κ1) is 10.5. The van der Waals surface area contributed by atoms with Gasteiger partial charge in [0.05, 0.1) is 17.3 Å². The van der Waals surface area contributed by atoms with Crippen LogP contribution in [0.5, 0.6) is 0 Å². The minimum absolute atomic E-state index is 0.319. The number of aromatic amines is 1. The molecule has 2 N–H and O–H groups in total. The van der Waals surface area contributed by atoms with Gasteiger partial charge in [-0.2, -0.15) is 5.26 Å². The molecule has 1 atom stereocenters. The number of nitrogens with zero attached hydrogens (tertiary/aromatic N) is 2. The highest BCUT2D eigenvalue weighted by molar-refractivity contribution is 5.99. The first-order valence-corrected chi connectivity index (χ1v) is 5.50. The first-order valence-electron chi connectivity index (χ1n) is 5.50. The summed E-state index contributed by atoms with van der Waals surface area (Å²) >= 11 is 0. The fourth-order valence-electron chi connectivity index (χ4n) is 2.31. The zero-order valence-corrected chi connectivity index (χ0v) is 9.34. The van der Waals surface area contributed by atoms with Crippen LogP contribution in [0.15, 0.2) is 23.2 Å². The summed E-state index contributed by atoms with van der Waals surface area (Å²) in [4.78, 5) is 18.1. The molecule has 1 aromatic heterocycles. The maximum atomic E-state index is 11.0. The maximum Gasteiger partial charge on any atom is 0.328 e. The Kier molecular flexibility index (Phi) is 2.17. The molecule has 5 nitrogen and oxygen atoms in total. The molecule has 3 rings (SSSR count). The maximum absolute atomic E-state index is 11.0. The number of H-pyrrole nitrogens is 1. The van der Waals surface area contributed by atoms with Gasteiger partial charge in [-0.25, -0.2) is 4.79 Å². The van der Waals surface area contributed by atoms with Crippen molar-refractivity contribution < 1.29 is 9.90 Å². The SMILES string of the molecule is N#Cc1cccc2[nH]c3c(c12)CC(C(=O)O)N=C3. The second-order valence-corrected chi connectivity index (χ2v) is 4.19. The van der Waals surface area contributed by atoms with Crippen molar-refractivity contribution in [3.8, 4) is 6.07 Å². The molecule has 2 aromatic rings. The van der Waals surface area contributed by atoms with E-state index in [9.17, 15) is 4.79 Å². The fraction of sp³-hybridized carbons (Fsp3) is 0.154. The topological polar surface area (TPSA) is 89.2 Å². The summed E-state index contributed by atoms with van der Waals surface area (Å²) in [6, 6.07) is 6.78. The Balaban J connectivity index is 2.25. The number of carboxylic acids is 1. The van der Waals surface area contributed by atoms with Gasteiger partial charge in [-0.15, -0.1) is 0 Å². The van der Waals surface area contributed by atoms with Crippen molar-refractivity contribution in [3.05, 3.63) is 35.0 Å². The molecule has 1 unspecified atom stereocenters. The lowest BCUT2D eigenvalue weighted by molar-refractivity contribution is -0.138. The second-order valence-electron chi connectivity index (χ2n) is 4.19. The molecule has 0 spiro atoms. The van der Waals surface area contributed by atoms with Crippen molar-refractivity contribution in [1.29, 1.82) is 5.26 Å². The number of rotatable bonds is 1. The molecule has 1 aliphatic heterocycles. The minimum Gasteiger partial charge on any atom is -0.480 e. The molecule has 1 aliphatic rings. The van der Waals surface area contributed by atoms with E-state index in [-0.39, 0.29) is 0 Å². The summed E-state index contributed by atoms with van der Waals surface area (Å²) in [6.07, 6.45) is 1.86. The molecular weight excluding hydrogens is 230 g/mol. The predicted molar refractivity (Wildman–Crippen MR) is 65.7 cm³/mol. The van der Waals surface area contributed by atoms with Gasteiger partial charge in [0.1, 0.15) is 0 Å². The number of aliphatic carboxylic acids is 1. The average molecular weight is 239 g/mol. The third-order valence-electron chi connectivity index (χ3n) is 3.15. The van der Waals surface area contributed by atoms with Gasteiger partial charge in [-0.1, -0.05) is 6.07 Å². The van der Waals surface area contributed by atoms with Gasteiger partial charge in [0.2, 0.25) is 0 Å². The van der Waals surface area contributed by atoms with E-state index in [2.05, 4.69) is 16.0 Å². The summed E-state index contributed by atoms with van der Waals surface area (Å²) in [7, 11) is 0. The lowest BCUT2D eigenvalue weighted by Crippen LogP contribution is -2.24. The van der Waals surface area contributed by atoms with E-state index in [0.29, 0.717) is 12.0 Å². The lowest BCUT2D eigenvalue weighted by atomic mass is 9.98. The van der Waals surface area contributed by atoms with E-state index in [1.54, 1.807) is 18.3 Å². The van der Waals surface area contributed by atoms with Gasteiger partial charge >= 0.3 is 5.97 Å². The number of aromatic nitrogens is 1. The van der Waals surface area contributed by atoms with Crippen LogP contribution in [-0.4, -0.2) is 28.3 Å². The van der Waals surface area contributed by atoms with E-state index in [4.69, 9.17) is 10.4 Å². The lowest BCUT2D eigenvalue weighted by Gasteiger charge is -2.12. The van der Waals surface area contributed by atoms with E-state index < -0.39 is 12.0 Å². The van der Waals surface area contributed by atoms with Crippen molar-refractivity contribution in [2.24, 2.45) is 4.99 Å². The molecule has 0 saturated heterocycles. The third kappa shape index (κ3) is 1.39. The standard InChI is InChI=1S/C13H9N3O2/c14-5-7-2-1-3-9-12(7)8-4-10(13(17)18)15-6-11(8)16-9/h1-3,6,10,16H,4H2,(H,17,18). The number of nitriles is 1. The quantitative estimate of drug-likeness (QED) is 0.789. The fourth-order valence-corrected chi connectivity index (χ4v) is 2.31. The van der Waals surface area contributed by atoms with E-state index in [1.165, 1.54) is 0 Å². The largest absolute Gasteiger partial charge is 0.480 e. The van der Waals surface area contributed by atoms with Gasteiger partial charge in [-0.05, 0) is 17.7 Å². The Labute approximate surface area is 102 Å². The summed E-state index contributed by atoms with van der Waals surface area (Å²) in [5.41, 5.74) is 3.07. The number of hydrogen-bond donors (Lipinski definition) is 2. The van der Waals surface area contributed by atoms with Gasteiger partial charge in [-0.3, -0.25) is 4.99 Å². The number of carbonyl (C=O) groups is 1. The Bertz CT molecular complexity index is 722. The van der Waals surface area contributed by atoms with Crippen LogP contribution in [0.1, 0.15) is 16.8 Å². The number of aliphatic imine (C=N–C) groups is 1. The summed E-state index contributed by atoms with van der Waals surface area (Å²) in [5, 5.41) is 18.9. The van der Waals surface area contributed by atoms with E-state index >= 15 is 0 Å². The third-order valence-corrected chi connectivity index (χ3v) is 3.15. The molecule has 0 fully saturated rings. The van der Waals surface area contributed by atoms with Crippen LogP contribution in [0.2, 0.25) is 0 Å². The van der Waals surface area contributed by atoms with E-state index in [0.717, 1.165) is 22.2 Å². The monoisotopic (exact) mass is 239 g/mol. The molecular formula is C13H9N3O2. The Hall–Kier alpha value is -2.61. The van der Waals surface area contributed by atoms with Crippen molar-refractivity contribution in [1.82, 2.24) is 4.98 Å². The molecule has 0 bridgehead atoms. The van der Waals surface area contributed by atoms with Gasteiger partial charge in [0.15, 0.2) is 6.04 Å². The summed E-state index contributed by atoms with van der Waals surface area (Å²) < 4.78 is 0. The minimum atomic E-state index is -0.944. The molecule has 18 heavy (non-hydrogen) atoms. The van der Waals surface area contributed by atoms with Crippen LogP contribution in [0.3, 0.4) is 0 Å². The summed E-state index contributed by atoms with van der Waals surface area (Å²) in [5.74, 6) is -0.944. The Morgan fingerprint density at radius 3 is 3.11 bits per heavy atom. The molecule has 88 valence electrons. The molecule has 2 heterocycles. The Morgan fingerprint density at radius 2 is 2.39 bits per heavy atom. The number of nitrogens with one attached hydrogen (secondary N) is 1. The molecule has 0 amide bonds. The molecule has 0 saturated carbocycles. The van der Waals surface area contributed by atoms with Crippen molar-refractivity contribution in [2.45, 2.75) is 12.5 Å². The zero-order chi connectivity index (χ0) is 12.7. The summed E-state index contributed by atoms with van der Waals surface area (Å²) in [6.45, 7) is 0. The molecule has 5 heteroatoms. The van der Waals surface area contributed by atoms with Crippen molar-refractivity contribution in [3.63, 3.8) is 0 Å². The van der Waals surface area contributed by atoms with Crippen LogP contribution in [0.25, 0.3) is 10.9 Å². The number of fused-ring (bicyclic) bond motifs is 3. The zero-order valence-electron chi connectivity index (χ0n) is 9.34. The van der Waals surface area contributed by atoms with Gasteiger partial charge < -0.3 is 10.1 Å². The number of carboxylic acid groups (broad SMARTS) is 1. The molecule has 0 radical (unpaired) electrons. The van der Waals surface area contributed by atoms with Crippen molar-refractivity contribution >= 4 is 23.1 Å². The molecule has 1 aromatic carbocycles. The average Bonchev–Trinajstić information content (AvgIpc) is 2.75. The Morgan fingerprint density at radius 1 is 1.56 bits per heavy atom. The van der Waals surface area contributed by atoms with Crippen LogP contribution >= 0.6 is 0 Å². The normalized spacial score (nSPS) is 17.4. The van der Waals surface area contributed by atoms with Crippen LogP contribution in [-0.2, 0) is 11.2 Å². The van der Waals surface area contributed by atoms with Gasteiger partial charge in [0, 0.05) is 23.5 Å². The highest BCUT2D eigenvalue weighted by atomic mass is 16.4. The van der Waals surface area contributed by atoms with Crippen LogP contribution in [0.4, 0.5) is 0 Å². The molecule has 0 aliphatic carbocycles. The van der Waals surface area contributed by atoms with Gasteiger partial charge in [0.25, 0.3) is 0 Å². The highest BCUT2D eigenvalue weighted by Gasteiger charge is 2.25. The number of benzene rings is 1. The van der Waals surface area contributed by atoms with Crippen molar-refractivity contribution in [2.75, 3.05) is 0 Å². The smallest absolute Gasteiger partial charge is 0.328 e. The van der Waals surface area contributed by atoms with Crippen LogP contribution in [0, 0.1) is 11.3 Å². The predicted octanol–water partition coefficient (Wildman–Crippen LogP) is 1.47. The number of hydrogen-bond acceptors (Lipinski definition) is 3. The second kappa shape index (κ2) is 3.70. The van der Waals surface area contributed by atoms with E-state index in [1.807, 2.05) is 6.07 Å². The first-order chi connectivity index (χ1) is 8.70.